The molecule has 1 N–H and O–H groups in total. The van der Waals surface area contributed by atoms with Crippen molar-refractivity contribution in [3.05, 3.63) is 30.1 Å². The molecule has 0 bridgehead atoms. The summed E-state index contributed by atoms with van der Waals surface area (Å²) in [6, 6.07) is 6.63. The molecule has 1 heterocycles. The van der Waals surface area contributed by atoms with Crippen molar-refractivity contribution in [1.29, 1.82) is 0 Å². The average molecular weight is 263 g/mol. The van der Waals surface area contributed by atoms with E-state index in [0.29, 0.717) is 6.04 Å². The average Bonchev–Trinajstić information content (AvgIpc) is 2.37. The lowest BCUT2D eigenvalue weighted by molar-refractivity contribution is 0.173. The maximum absolute atomic E-state index is 4.42. The highest BCUT2D eigenvalue weighted by atomic mass is 15.2. The molecule has 0 saturated heterocycles. The summed E-state index contributed by atoms with van der Waals surface area (Å²) >= 11 is 0. The number of aromatic nitrogens is 1. The molecule has 3 heteroatoms. The third-order valence-corrected chi connectivity index (χ3v) is 3.50. The summed E-state index contributed by atoms with van der Waals surface area (Å²) < 4.78 is 0. The number of hydrogen-bond donors (Lipinski definition) is 1. The monoisotopic (exact) mass is 263 g/mol. The Morgan fingerprint density at radius 2 is 2.00 bits per heavy atom. The molecular weight excluding hydrogens is 234 g/mol. The van der Waals surface area contributed by atoms with Crippen LogP contribution in [0.3, 0.4) is 0 Å². The van der Waals surface area contributed by atoms with Crippen LogP contribution in [0, 0.1) is 5.41 Å². The van der Waals surface area contributed by atoms with Crippen LogP contribution in [0.5, 0.6) is 0 Å². The van der Waals surface area contributed by atoms with Gasteiger partial charge in [0.05, 0.1) is 5.69 Å². The Hall–Kier alpha value is -0.930. The smallest absolute Gasteiger partial charge is 0.0543 e. The molecule has 0 aliphatic heterocycles. The standard InChI is InChI=1S/C16H29N3/c1-6-17-15(16(3,4)5)13-19(7-2)12-14-10-8-9-11-18-14/h8-11,15,17H,6-7,12-13H2,1-5H3. The van der Waals surface area contributed by atoms with Crippen LogP contribution in [0.1, 0.15) is 40.3 Å². The van der Waals surface area contributed by atoms with Crippen molar-refractivity contribution in [2.24, 2.45) is 5.41 Å². The first kappa shape index (κ1) is 16.1. The molecule has 108 valence electrons. The van der Waals surface area contributed by atoms with Crippen molar-refractivity contribution in [3.8, 4) is 0 Å². The largest absolute Gasteiger partial charge is 0.312 e. The van der Waals surface area contributed by atoms with Crippen LogP contribution < -0.4 is 5.32 Å². The second-order valence-electron chi connectivity index (χ2n) is 6.13. The highest BCUT2D eigenvalue weighted by Gasteiger charge is 2.25. The van der Waals surface area contributed by atoms with Crippen LogP contribution in [-0.2, 0) is 6.54 Å². The second kappa shape index (κ2) is 7.61. The molecule has 1 atom stereocenters. The summed E-state index contributed by atoms with van der Waals surface area (Å²) in [5, 5.41) is 3.61. The van der Waals surface area contributed by atoms with Crippen molar-refractivity contribution >= 4 is 0 Å². The third kappa shape index (κ3) is 5.70. The van der Waals surface area contributed by atoms with E-state index in [1.165, 1.54) is 0 Å². The van der Waals surface area contributed by atoms with Crippen LogP contribution in [-0.4, -0.2) is 35.6 Å². The summed E-state index contributed by atoms with van der Waals surface area (Å²) in [4.78, 5) is 6.88. The molecule has 0 aliphatic carbocycles. The van der Waals surface area contributed by atoms with Gasteiger partial charge in [0.25, 0.3) is 0 Å². The number of rotatable bonds is 7. The van der Waals surface area contributed by atoms with Crippen molar-refractivity contribution < 1.29 is 0 Å². The van der Waals surface area contributed by atoms with Crippen LogP contribution in [0.15, 0.2) is 24.4 Å². The van der Waals surface area contributed by atoms with Gasteiger partial charge in [0.2, 0.25) is 0 Å². The van der Waals surface area contributed by atoms with E-state index >= 15 is 0 Å². The van der Waals surface area contributed by atoms with Gasteiger partial charge < -0.3 is 5.32 Å². The summed E-state index contributed by atoms with van der Waals surface area (Å²) in [5.74, 6) is 0. The van der Waals surface area contributed by atoms with E-state index in [4.69, 9.17) is 0 Å². The minimum atomic E-state index is 0.271. The van der Waals surface area contributed by atoms with Crippen LogP contribution in [0.25, 0.3) is 0 Å². The highest BCUT2D eigenvalue weighted by molar-refractivity contribution is 5.03. The number of pyridine rings is 1. The Bertz CT molecular complexity index is 343. The van der Waals surface area contributed by atoms with Gasteiger partial charge in [-0.3, -0.25) is 9.88 Å². The van der Waals surface area contributed by atoms with Crippen molar-refractivity contribution in [1.82, 2.24) is 15.2 Å². The van der Waals surface area contributed by atoms with E-state index in [-0.39, 0.29) is 5.41 Å². The van der Waals surface area contributed by atoms with Gasteiger partial charge in [0.15, 0.2) is 0 Å². The van der Waals surface area contributed by atoms with Crippen molar-refractivity contribution in [2.45, 2.75) is 47.2 Å². The molecular formula is C16H29N3. The molecule has 1 aromatic heterocycles. The Labute approximate surface area is 118 Å². The summed E-state index contributed by atoms with van der Waals surface area (Å²) in [5.41, 5.74) is 1.42. The van der Waals surface area contributed by atoms with E-state index in [9.17, 15) is 0 Å². The topological polar surface area (TPSA) is 28.2 Å². The van der Waals surface area contributed by atoms with E-state index in [2.05, 4.69) is 62.0 Å². The van der Waals surface area contributed by atoms with Crippen LogP contribution in [0.2, 0.25) is 0 Å². The fraction of sp³-hybridized carbons (Fsp3) is 0.688. The number of hydrogen-bond acceptors (Lipinski definition) is 3. The molecule has 1 rings (SSSR count). The van der Waals surface area contributed by atoms with Gasteiger partial charge >= 0.3 is 0 Å². The summed E-state index contributed by atoms with van der Waals surface area (Å²) in [6.45, 7) is 15.3. The Balaban J connectivity index is 2.64. The van der Waals surface area contributed by atoms with Gasteiger partial charge in [-0.1, -0.05) is 40.7 Å². The van der Waals surface area contributed by atoms with Gasteiger partial charge in [-0.05, 0) is 30.6 Å². The quantitative estimate of drug-likeness (QED) is 0.820. The molecule has 1 aromatic rings. The molecule has 0 fully saturated rings. The first-order valence-electron chi connectivity index (χ1n) is 7.33. The van der Waals surface area contributed by atoms with Gasteiger partial charge in [0, 0.05) is 25.3 Å². The normalized spacial score (nSPS) is 13.8. The first-order chi connectivity index (χ1) is 8.97. The van der Waals surface area contributed by atoms with E-state index in [1.54, 1.807) is 0 Å². The second-order valence-corrected chi connectivity index (χ2v) is 6.13. The predicted molar refractivity (Wildman–Crippen MR) is 82.1 cm³/mol. The molecule has 1 unspecified atom stereocenters. The molecule has 19 heavy (non-hydrogen) atoms. The molecule has 0 radical (unpaired) electrons. The molecule has 0 spiro atoms. The zero-order chi connectivity index (χ0) is 14.3. The maximum Gasteiger partial charge on any atom is 0.0543 e. The summed E-state index contributed by atoms with van der Waals surface area (Å²) in [6.07, 6.45) is 1.87. The third-order valence-electron chi connectivity index (χ3n) is 3.50. The Kier molecular flexibility index (Phi) is 6.46. The number of nitrogens with zero attached hydrogens (tertiary/aromatic N) is 2. The Morgan fingerprint density at radius 3 is 2.47 bits per heavy atom. The van der Waals surface area contributed by atoms with Gasteiger partial charge in [-0.25, -0.2) is 0 Å². The van der Waals surface area contributed by atoms with E-state index in [1.807, 2.05) is 12.3 Å². The fourth-order valence-electron chi connectivity index (χ4n) is 2.18. The van der Waals surface area contributed by atoms with Gasteiger partial charge in [0.1, 0.15) is 0 Å². The molecule has 3 nitrogen and oxygen atoms in total. The number of likely N-dealkylation sites (N-methyl/N-ethyl adjacent to an activating group) is 2. The van der Waals surface area contributed by atoms with Crippen molar-refractivity contribution in [3.63, 3.8) is 0 Å². The van der Waals surface area contributed by atoms with E-state index < -0.39 is 0 Å². The zero-order valence-electron chi connectivity index (χ0n) is 13.1. The van der Waals surface area contributed by atoms with E-state index in [0.717, 1.165) is 31.9 Å². The maximum atomic E-state index is 4.42. The minimum Gasteiger partial charge on any atom is -0.312 e. The lowest BCUT2D eigenvalue weighted by Crippen LogP contribution is -2.48. The SMILES string of the molecule is CCNC(CN(CC)Cc1ccccn1)C(C)(C)C. The zero-order valence-corrected chi connectivity index (χ0v) is 13.1. The van der Waals surface area contributed by atoms with Crippen LogP contribution >= 0.6 is 0 Å². The van der Waals surface area contributed by atoms with Crippen molar-refractivity contribution in [2.75, 3.05) is 19.6 Å². The van der Waals surface area contributed by atoms with Crippen LogP contribution in [0.4, 0.5) is 0 Å². The lowest BCUT2D eigenvalue weighted by Gasteiger charge is -2.35. The summed E-state index contributed by atoms with van der Waals surface area (Å²) in [7, 11) is 0. The fourth-order valence-corrected chi connectivity index (χ4v) is 2.18. The molecule has 0 aromatic carbocycles. The predicted octanol–water partition coefficient (Wildman–Crippen LogP) is 2.93. The van der Waals surface area contributed by atoms with Gasteiger partial charge in [-0.2, -0.15) is 0 Å². The number of nitrogens with one attached hydrogen (secondary N) is 1. The minimum absolute atomic E-state index is 0.271. The first-order valence-corrected chi connectivity index (χ1v) is 7.33. The Morgan fingerprint density at radius 1 is 1.26 bits per heavy atom. The highest BCUT2D eigenvalue weighted by Crippen LogP contribution is 2.20. The molecule has 0 saturated carbocycles. The molecule has 0 amide bonds. The lowest BCUT2D eigenvalue weighted by atomic mass is 9.86. The van der Waals surface area contributed by atoms with Gasteiger partial charge in [-0.15, -0.1) is 0 Å². The molecule has 0 aliphatic rings.